The molecule has 2 unspecified atom stereocenters. The molecule has 1 fully saturated rings. The molecule has 2 atom stereocenters. The third kappa shape index (κ3) is 3.27. The van der Waals surface area contributed by atoms with Crippen LogP contribution in [0.25, 0.3) is 11.0 Å². The number of sulfonamides is 1. The molecule has 0 spiro atoms. The van der Waals surface area contributed by atoms with Gasteiger partial charge in [-0.2, -0.15) is 0 Å². The second kappa shape index (κ2) is 6.65. The zero-order chi connectivity index (χ0) is 19.1. The average Bonchev–Trinajstić information content (AvgIpc) is 2.59. The maximum Gasteiger partial charge on any atom is 0.329 e. The van der Waals surface area contributed by atoms with E-state index in [1.54, 1.807) is 0 Å². The monoisotopic (exact) mass is 381 g/mol. The van der Waals surface area contributed by atoms with E-state index < -0.39 is 39.1 Å². The van der Waals surface area contributed by atoms with Crippen molar-refractivity contribution in [3.63, 3.8) is 0 Å². The van der Waals surface area contributed by atoms with Crippen LogP contribution in [0, 0.1) is 5.92 Å². The summed E-state index contributed by atoms with van der Waals surface area (Å²) >= 11 is 0. The van der Waals surface area contributed by atoms with E-state index in [0.29, 0.717) is 12.8 Å². The van der Waals surface area contributed by atoms with E-state index >= 15 is 0 Å². The highest BCUT2D eigenvalue weighted by molar-refractivity contribution is 7.89. The summed E-state index contributed by atoms with van der Waals surface area (Å²) in [6, 6.07) is 0.561. The van der Waals surface area contributed by atoms with Gasteiger partial charge in [-0.3, -0.25) is 19.1 Å². The molecule has 0 aromatic carbocycles. The van der Waals surface area contributed by atoms with Gasteiger partial charge in [0.15, 0.2) is 0 Å². The Balaban J connectivity index is 2.00. The number of fused-ring (bicyclic) bond motifs is 1. The molecule has 0 saturated heterocycles. The van der Waals surface area contributed by atoms with Crippen LogP contribution in [0.5, 0.6) is 0 Å². The molecule has 1 aliphatic rings. The summed E-state index contributed by atoms with van der Waals surface area (Å²) in [6.07, 6.45) is 3.70. The molecular formula is C15H19N5O5S. The SMILES string of the molecule is Cn1c(=O)[nH]c(=O)c2cc(S(=O)(=O)NC3CCCCC3C(N)=O)cnc21. The van der Waals surface area contributed by atoms with E-state index in [9.17, 15) is 22.8 Å². The zero-order valence-electron chi connectivity index (χ0n) is 14.1. The Morgan fingerprint density at radius 1 is 1.35 bits per heavy atom. The molecule has 1 amide bonds. The van der Waals surface area contributed by atoms with Crippen LogP contribution in [0.3, 0.4) is 0 Å². The highest BCUT2D eigenvalue weighted by atomic mass is 32.2. The van der Waals surface area contributed by atoms with Crippen LogP contribution in [-0.4, -0.2) is 34.9 Å². The molecule has 11 heteroatoms. The Morgan fingerprint density at radius 2 is 2.04 bits per heavy atom. The molecule has 0 aliphatic heterocycles. The van der Waals surface area contributed by atoms with Crippen LogP contribution < -0.4 is 21.7 Å². The smallest absolute Gasteiger partial charge is 0.329 e. The lowest BCUT2D eigenvalue weighted by atomic mass is 9.85. The molecule has 1 saturated carbocycles. The predicted octanol–water partition coefficient (Wildman–Crippen LogP) is -1.06. The minimum atomic E-state index is -4.02. The van der Waals surface area contributed by atoms with Crippen molar-refractivity contribution in [2.75, 3.05) is 0 Å². The molecule has 140 valence electrons. The molecule has 0 radical (unpaired) electrons. The van der Waals surface area contributed by atoms with E-state index in [4.69, 9.17) is 5.73 Å². The quantitative estimate of drug-likeness (QED) is 0.613. The number of primary amides is 1. The van der Waals surface area contributed by atoms with Gasteiger partial charge < -0.3 is 5.73 Å². The number of hydrogen-bond acceptors (Lipinski definition) is 6. The Bertz CT molecular complexity index is 1090. The van der Waals surface area contributed by atoms with Crippen molar-refractivity contribution >= 4 is 27.0 Å². The molecule has 4 N–H and O–H groups in total. The number of carbonyl (C=O) groups excluding carboxylic acids is 1. The summed E-state index contributed by atoms with van der Waals surface area (Å²) in [5, 5.41) is -0.0231. The van der Waals surface area contributed by atoms with E-state index in [0.717, 1.165) is 29.7 Å². The third-order valence-electron chi connectivity index (χ3n) is 4.68. The molecule has 3 rings (SSSR count). The number of nitrogens with one attached hydrogen (secondary N) is 2. The minimum absolute atomic E-state index is 0.0231. The number of amides is 1. The summed E-state index contributed by atoms with van der Waals surface area (Å²) < 4.78 is 29.0. The van der Waals surface area contributed by atoms with Gasteiger partial charge in [0.25, 0.3) is 5.56 Å². The molecule has 2 aromatic rings. The van der Waals surface area contributed by atoms with Gasteiger partial charge >= 0.3 is 5.69 Å². The summed E-state index contributed by atoms with van der Waals surface area (Å²) in [4.78, 5) is 41.0. The summed E-state index contributed by atoms with van der Waals surface area (Å²) in [6.45, 7) is 0. The number of nitrogens with two attached hydrogens (primary N) is 1. The molecule has 2 aromatic heterocycles. The van der Waals surface area contributed by atoms with E-state index in [-0.39, 0.29) is 15.9 Å². The minimum Gasteiger partial charge on any atom is -0.369 e. The largest absolute Gasteiger partial charge is 0.369 e. The second-order valence-electron chi connectivity index (χ2n) is 6.38. The fourth-order valence-electron chi connectivity index (χ4n) is 3.24. The maximum absolute atomic E-state index is 12.7. The fourth-order valence-corrected chi connectivity index (χ4v) is 4.53. The van der Waals surface area contributed by atoms with Crippen molar-refractivity contribution in [1.82, 2.24) is 19.3 Å². The van der Waals surface area contributed by atoms with Gasteiger partial charge in [0.1, 0.15) is 10.5 Å². The van der Waals surface area contributed by atoms with Crippen LogP contribution >= 0.6 is 0 Å². The van der Waals surface area contributed by atoms with Crippen molar-refractivity contribution < 1.29 is 13.2 Å². The van der Waals surface area contributed by atoms with Crippen LogP contribution in [0.4, 0.5) is 0 Å². The number of aromatic amines is 1. The van der Waals surface area contributed by atoms with E-state index in [1.807, 2.05) is 0 Å². The number of aromatic nitrogens is 3. The number of H-pyrrole nitrogens is 1. The van der Waals surface area contributed by atoms with Crippen LogP contribution in [0.1, 0.15) is 25.7 Å². The van der Waals surface area contributed by atoms with Crippen molar-refractivity contribution in [2.24, 2.45) is 18.7 Å². The lowest BCUT2D eigenvalue weighted by molar-refractivity contribution is -0.123. The van der Waals surface area contributed by atoms with Crippen molar-refractivity contribution in [2.45, 2.75) is 36.6 Å². The lowest BCUT2D eigenvalue weighted by Gasteiger charge is -2.29. The van der Waals surface area contributed by atoms with Crippen molar-refractivity contribution in [3.05, 3.63) is 33.1 Å². The number of carbonyl (C=O) groups is 1. The molecular weight excluding hydrogens is 362 g/mol. The summed E-state index contributed by atoms with van der Waals surface area (Å²) in [7, 11) is -2.60. The first-order chi connectivity index (χ1) is 12.2. The molecule has 10 nitrogen and oxygen atoms in total. The summed E-state index contributed by atoms with van der Waals surface area (Å²) in [5.41, 5.74) is 4.09. The number of nitrogens with zero attached hydrogens (tertiary/aromatic N) is 2. The normalized spacial score (nSPS) is 21.0. The first kappa shape index (κ1) is 18.3. The molecule has 0 bridgehead atoms. The topological polar surface area (TPSA) is 157 Å². The number of hydrogen-bond donors (Lipinski definition) is 3. The highest BCUT2D eigenvalue weighted by Crippen LogP contribution is 2.26. The van der Waals surface area contributed by atoms with Crippen molar-refractivity contribution in [1.29, 1.82) is 0 Å². The molecule has 26 heavy (non-hydrogen) atoms. The Labute approximate surface area is 148 Å². The third-order valence-corrected chi connectivity index (χ3v) is 6.13. The van der Waals surface area contributed by atoms with Gasteiger partial charge in [-0.05, 0) is 18.9 Å². The Hall–Kier alpha value is -2.53. The Morgan fingerprint density at radius 3 is 2.73 bits per heavy atom. The highest BCUT2D eigenvalue weighted by Gasteiger charge is 2.33. The van der Waals surface area contributed by atoms with Gasteiger partial charge in [-0.15, -0.1) is 0 Å². The lowest BCUT2D eigenvalue weighted by Crippen LogP contribution is -2.47. The number of aryl methyl sites for hydroxylation is 1. The summed E-state index contributed by atoms with van der Waals surface area (Å²) in [5.74, 6) is -1.11. The average molecular weight is 381 g/mol. The first-order valence-corrected chi connectivity index (χ1v) is 9.60. The predicted molar refractivity (Wildman–Crippen MR) is 92.9 cm³/mol. The Kier molecular flexibility index (Phi) is 4.67. The molecule has 1 aliphatic carbocycles. The fraction of sp³-hybridized carbons (Fsp3) is 0.467. The second-order valence-corrected chi connectivity index (χ2v) is 8.10. The molecule has 2 heterocycles. The maximum atomic E-state index is 12.7. The van der Waals surface area contributed by atoms with Crippen molar-refractivity contribution in [3.8, 4) is 0 Å². The van der Waals surface area contributed by atoms with Gasteiger partial charge in [-0.25, -0.2) is 22.9 Å². The van der Waals surface area contributed by atoms with Crippen LogP contribution in [-0.2, 0) is 21.9 Å². The van der Waals surface area contributed by atoms with Gasteiger partial charge in [-0.1, -0.05) is 12.8 Å². The van der Waals surface area contributed by atoms with Crippen LogP contribution in [0.15, 0.2) is 26.7 Å². The van der Waals surface area contributed by atoms with Crippen LogP contribution in [0.2, 0.25) is 0 Å². The first-order valence-electron chi connectivity index (χ1n) is 8.11. The number of rotatable bonds is 4. The standard InChI is InChI=1S/C15H19N5O5S/c1-20-13-10(14(22)18-15(20)23)6-8(7-17-13)26(24,25)19-11-5-3-2-4-9(11)12(16)21/h6-7,9,11,19H,2-5H2,1H3,(H2,16,21)(H,18,22,23). The number of pyridine rings is 1. The van der Waals surface area contributed by atoms with Gasteiger partial charge in [0, 0.05) is 19.3 Å². The van der Waals surface area contributed by atoms with E-state index in [2.05, 4.69) is 14.7 Å². The van der Waals surface area contributed by atoms with Gasteiger partial charge in [0.05, 0.1) is 11.3 Å². The zero-order valence-corrected chi connectivity index (χ0v) is 14.9. The van der Waals surface area contributed by atoms with Gasteiger partial charge in [0.2, 0.25) is 15.9 Å². The van der Waals surface area contributed by atoms with E-state index in [1.165, 1.54) is 7.05 Å².